The van der Waals surface area contributed by atoms with Crippen LogP contribution in [0.3, 0.4) is 0 Å². The van der Waals surface area contributed by atoms with Gasteiger partial charge in [-0.25, -0.2) is 4.79 Å². The highest BCUT2D eigenvalue weighted by atomic mass is 16.2. The molecule has 0 atom stereocenters. The molecule has 1 aromatic heterocycles. The second kappa shape index (κ2) is 6.11. The van der Waals surface area contributed by atoms with Crippen LogP contribution in [0, 0.1) is 0 Å². The molecule has 1 saturated heterocycles. The van der Waals surface area contributed by atoms with E-state index >= 15 is 0 Å². The topological polar surface area (TPSA) is 89.8 Å². The van der Waals surface area contributed by atoms with Crippen molar-refractivity contribution in [3.63, 3.8) is 0 Å². The van der Waals surface area contributed by atoms with Crippen molar-refractivity contribution in [1.29, 1.82) is 0 Å². The molecule has 0 unspecified atom stereocenters. The Morgan fingerprint density at radius 3 is 1.86 bits per heavy atom. The molecule has 0 amide bonds. The van der Waals surface area contributed by atoms with Gasteiger partial charge in [0.2, 0.25) is 0 Å². The van der Waals surface area contributed by atoms with E-state index in [1.165, 1.54) is 12.3 Å². The lowest BCUT2D eigenvalue weighted by Crippen LogP contribution is -2.39. The van der Waals surface area contributed by atoms with Gasteiger partial charge < -0.3 is 15.6 Å². The van der Waals surface area contributed by atoms with Gasteiger partial charge in [0.25, 0.3) is 5.56 Å². The highest BCUT2D eigenvalue weighted by molar-refractivity contribution is 4.77. The molecule has 4 N–H and O–H groups in total. The molecule has 0 aromatic carbocycles. The number of nitrogens with one attached hydrogen (secondary N) is 4. The maximum atomic E-state index is 10.2. The minimum Gasteiger partial charge on any atom is -0.314 e. The highest BCUT2D eigenvalue weighted by Gasteiger charge is 1.91. The Labute approximate surface area is 80.8 Å². The van der Waals surface area contributed by atoms with E-state index < -0.39 is 5.69 Å². The first-order valence-corrected chi connectivity index (χ1v) is 4.48. The molecule has 1 fully saturated rings. The summed E-state index contributed by atoms with van der Waals surface area (Å²) in [5.74, 6) is 0. The van der Waals surface area contributed by atoms with Gasteiger partial charge in [0.05, 0.1) is 0 Å². The van der Waals surface area contributed by atoms with E-state index in [-0.39, 0.29) is 5.56 Å². The Balaban J connectivity index is 0.000000146. The van der Waals surface area contributed by atoms with Gasteiger partial charge >= 0.3 is 5.69 Å². The molecule has 2 heterocycles. The van der Waals surface area contributed by atoms with Crippen molar-refractivity contribution in [2.24, 2.45) is 0 Å². The smallest absolute Gasteiger partial charge is 0.314 e. The van der Waals surface area contributed by atoms with Gasteiger partial charge in [0.15, 0.2) is 0 Å². The quantitative estimate of drug-likeness (QED) is 0.397. The molecule has 0 aliphatic carbocycles. The van der Waals surface area contributed by atoms with Crippen molar-refractivity contribution in [2.45, 2.75) is 0 Å². The highest BCUT2D eigenvalue weighted by Crippen LogP contribution is 1.65. The van der Waals surface area contributed by atoms with Crippen LogP contribution in [0.5, 0.6) is 0 Å². The van der Waals surface area contributed by atoms with E-state index in [2.05, 4.69) is 15.6 Å². The number of aromatic nitrogens is 2. The van der Waals surface area contributed by atoms with Crippen LogP contribution in [-0.4, -0.2) is 36.1 Å². The van der Waals surface area contributed by atoms with Crippen molar-refractivity contribution in [1.82, 2.24) is 20.6 Å². The first-order valence-electron chi connectivity index (χ1n) is 4.48. The van der Waals surface area contributed by atoms with Crippen LogP contribution < -0.4 is 21.9 Å². The third-order valence-electron chi connectivity index (χ3n) is 1.64. The standard InChI is InChI=1S/C4H4N2O2.C4H10N2/c7-3-1-2-5-4(8)6-3;1-2-6-4-3-5-1/h1-2H,(H2,5,6,7,8);5-6H,1-4H2. The Hall–Kier alpha value is -1.40. The summed E-state index contributed by atoms with van der Waals surface area (Å²) in [7, 11) is 0. The van der Waals surface area contributed by atoms with E-state index in [9.17, 15) is 9.59 Å². The Kier molecular flexibility index (Phi) is 4.66. The maximum Gasteiger partial charge on any atom is 0.325 e. The van der Waals surface area contributed by atoms with Crippen LogP contribution >= 0.6 is 0 Å². The number of piperazine rings is 1. The van der Waals surface area contributed by atoms with Gasteiger partial charge in [-0.2, -0.15) is 0 Å². The molecule has 1 aliphatic rings. The molecule has 0 radical (unpaired) electrons. The summed E-state index contributed by atoms with van der Waals surface area (Å²) >= 11 is 0. The molecule has 1 aliphatic heterocycles. The summed E-state index contributed by atoms with van der Waals surface area (Å²) in [6.45, 7) is 4.56. The van der Waals surface area contributed by atoms with E-state index in [4.69, 9.17) is 0 Å². The van der Waals surface area contributed by atoms with Crippen molar-refractivity contribution in [2.75, 3.05) is 26.2 Å². The molecular weight excluding hydrogens is 184 g/mol. The van der Waals surface area contributed by atoms with Crippen molar-refractivity contribution < 1.29 is 0 Å². The van der Waals surface area contributed by atoms with Crippen LogP contribution in [0.15, 0.2) is 21.9 Å². The van der Waals surface area contributed by atoms with Crippen molar-refractivity contribution >= 4 is 0 Å². The van der Waals surface area contributed by atoms with Crippen LogP contribution in [0.4, 0.5) is 0 Å². The van der Waals surface area contributed by atoms with Gasteiger partial charge in [0.1, 0.15) is 0 Å². The maximum absolute atomic E-state index is 10.2. The van der Waals surface area contributed by atoms with Gasteiger partial charge in [-0.3, -0.25) is 9.78 Å². The fraction of sp³-hybridized carbons (Fsp3) is 0.500. The number of hydrogen-bond donors (Lipinski definition) is 4. The number of hydrogen-bond acceptors (Lipinski definition) is 4. The number of H-pyrrole nitrogens is 2. The first-order chi connectivity index (χ1) is 6.79. The number of rotatable bonds is 0. The summed E-state index contributed by atoms with van der Waals surface area (Å²) in [4.78, 5) is 24.7. The molecular formula is C8H14N4O2. The molecule has 6 heteroatoms. The average Bonchev–Trinajstić information content (AvgIpc) is 2.21. The molecule has 0 saturated carbocycles. The predicted molar refractivity (Wildman–Crippen MR) is 53.4 cm³/mol. The summed E-state index contributed by atoms with van der Waals surface area (Å²) in [6.07, 6.45) is 1.29. The average molecular weight is 198 g/mol. The van der Waals surface area contributed by atoms with Crippen LogP contribution in [0.1, 0.15) is 0 Å². The van der Waals surface area contributed by atoms with Gasteiger partial charge in [0, 0.05) is 38.4 Å². The van der Waals surface area contributed by atoms with E-state index in [1.54, 1.807) is 0 Å². The van der Waals surface area contributed by atoms with Gasteiger partial charge in [-0.05, 0) is 0 Å². The van der Waals surface area contributed by atoms with Crippen LogP contribution in [0.2, 0.25) is 0 Å². The third kappa shape index (κ3) is 4.58. The Morgan fingerprint density at radius 2 is 1.57 bits per heavy atom. The number of aromatic amines is 2. The third-order valence-corrected chi connectivity index (χ3v) is 1.64. The predicted octanol–water partition coefficient (Wildman–Crippen LogP) is -1.76. The van der Waals surface area contributed by atoms with Crippen molar-refractivity contribution in [3.8, 4) is 0 Å². The summed E-state index contributed by atoms with van der Waals surface area (Å²) < 4.78 is 0. The fourth-order valence-electron chi connectivity index (χ4n) is 0.986. The summed E-state index contributed by atoms with van der Waals surface area (Å²) in [6, 6.07) is 1.24. The van der Waals surface area contributed by atoms with Crippen LogP contribution in [0.25, 0.3) is 0 Å². The zero-order valence-electron chi connectivity index (χ0n) is 7.80. The van der Waals surface area contributed by atoms with Gasteiger partial charge in [-0.15, -0.1) is 0 Å². The normalized spacial score (nSPS) is 15.4. The van der Waals surface area contributed by atoms with E-state index in [1.807, 2.05) is 4.98 Å². The molecule has 0 bridgehead atoms. The van der Waals surface area contributed by atoms with E-state index in [0.717, 1.165) is 26.2 Å². The SMILES string of the molecule is C1CNCCN1.O=c1cc[nH]c(=O)[nH]1. The molecule has 0 spiro atoms. The van der Waals surface area contributed by atoms with Crippen LogP contribution in [-0.2, 0) is 0 Å². The minimum absolute atomic E-state index is 0.381. The van der Waals surface area contributed by atoms with Crippen molar-refractivity contribution in [3.05, 3.63) is 33.1 Å². The largest absolute Gasteiger partial charge is 0.325 e. The minimum atomic E-state index is -0.475. The Morgan fingerprint density at radius 1 is 1.00 bits per heavy atom. The molecule has 14 heavy (non-hydrogen) atoms. The lowest BCUT2D eigenvalue weighted by molar-refractivity contribution is 0.534. The summed E-state index contributed by atoms with van der Waals surface area (Å²) in [5.41, 5.74) is -0.855. The van der Waals surface area contributed by atoms with Gasteiger partial charge in [-0.1, -0.05) is 0 Å². The second-order valence-corrected chi connectivity index (χ2v) is 2.80. The fourth-order valence-corrected chi connectivity index (χ4v) is 0.986. The molecule has 78 valence electrons. The van der Waals surface area contributed by atoms with E-state index in [0.29, 0.717) is 0 Å². The first kappa shape index (κ1) is 10.7. The Bertz CT molecular complexity index is 316. The molecule has 6 nitrogen and oxygen atoms in total. The lowest BCUT2D eigenvalue weighted by atomic mass is 10.4. The lowest BCUT2D eigenvalue weighted by Gasteiger charge is -2.11. The zero-order valence-corrected chi connectivity index (χ0v) is 7.80. The second-order valence-electron chi connectivity index (χ2n) is 2.80. The monoisotopic (exact) mass is 198 g/mol. The molecule has 2 rings (SSSR count). The summed E-state index contributed by atoms with van der Waals surface area (Å²) in [5, 5.41) is 6.44. The zero-order chi connectivity index (χ0) is 10.2. The molecule has 1 aromatic rings.